The van der Waals surface area contributed by atoms with E-state index in [0.717, 1.165) is 23.0 Å². The van der Waals surface area contributed by atoms with Gasteiger partial charge in [0.25, 0.3) is 0 Å². The summed E-state index contributed by atoms with van der Waals surface area (Å²) in [6.07, 6.45) is 6.22. The number of halogens is 1. The van der Waals surface area contributed by atoms with Gasteiger partial charge >= 0.3 is 0 Å². The molecule has 0 unspecified atom stereocenters. The molecule has 0 spiro atoms. The van der Waals surface area contributed by atoms with E-state index in [1.165, 1.54) is 0 Å². The number of rotatable bonds is 2. The Hall–Kier alpha value is -1.61. The Morgan fingerprint density at radius 1 is 1.38 bits per heavy atom. The van der Waals surface area contributed by atoms with Crippen LogP contribution >= 0.6 is 11.6 Å². The Morgan fingerprint density at radius 2 is 2.12 bits per heavy atom. The molecule has 1 aromatic heterocycles. The highest BCUT2D eigenvalue weighted by Gasteiger charge is 1.99. The van der Waals surface area contributed by atoms with Gasteiger partial charge in [0.1, 0.15) is 12.2 Å². The van der Waals surface area contributed by atoms with E-state index in [2.05, 4.69) is 16.9 Å². The Morgan fingerprint density at radius 3 is 2.69 bits per heavy atom. The van der Waals surface area contributed by atoms with Crippen LogP contribution in [0.3, 0.4) is 0 Å². The minimum Gasteiger partial charge on any atom is -0.294 e. The first-order valence-corrected chi connectivity index (χ1v) is 5.49. The summed E-state index contributed by atoms with van der Waals surface area (Å²) < 4.78 is 1.91. The van der Waals surface area contributed by atoms with Gasteiger partial charge in [-0.15, -0.1) is 0 Å². The normalized spacial score (nSPS) is 11.8. The van der Waals surface area contributed by atoms with Gasteiger partial charge in [-0.1, -0.05) is 18.5 Å². The molecule has 0 radical (unpaired) electrons. The largest absolute Gasteiger partial charge is 0.294 e. The van der Waals surface area contributed by atoms with Crippen LogP contribution in [0.15, 0.2) is 48.0 Å². The van der Waals surface area contributed by atoms with Gasteiger partial charge in [0.2, 0.25) is 0 Å². The van der Waals surface area contributed by atoms with Crippen LogP contribution in [0.4, 0.5) is 5.69 Å². The van der Waals surface area contributed by atoms with Crippen LogP contribution in [0.5, 0.6) is 0 Å². The first-order valence-electron chi connectivity index (χ1n) is 5.11. The predicted molar refractivity (Wildman–Crippen MR) is 66.5 cm³/mol. The fourth-order valence-electron chi connectivity index (χ4n) is 1.40. The minimum atomic E-state index is 0.722. The lowest BCUT2D eigenvalue weighted by atomic mass is 10.3. The lowest BCUT2D eigenvalue weighted by molar-refractivity contribution is 1.05. The van der Waals surface area contributed by atoms with Gasteiger partial charge in [0.05, 0.1) is 5.69 Å². The smallest absolute Gasteiger partial charge is 0.114 e. The molecule has 2 rings (SSSR count). The highest BCUT2D eigenvalue weighted by Crippen LogP contribution is 2.17. The van der Waals surface area contributed by atoms with Crippen molar-refractivity contribution in [3.63, 3.8) is 0 Å². The molecule has 3 nitrogen and oxygen atoms in total. The van der Waals surface area contributed by atoms with Crippen LogP contribution in [0.2, 0.25) is 5.02 Å². The maximum absolute atomic E-state index is 5.82. The maximum atomic E-state index is 5.82. The average Bonchev–Trinajstić information content (AvgIpc) is 2.82. The SMILES string of the molecule is CC/C(=N\c1ccc(Cl)cc1)n1ccnc1. The number of hydrogen-bond donors (Lipinski definition) is 0. The van der Waals surface area contributed by atoms with Gasteiger partial charge in [-0.3, -0.25) is 4.57 Å². The van der Waals surface area contributed by atoms with Crippen molar-refractivity contribution in [2.45, 2.75) is 13.3 Å². The second-order valence-electron chi connectivity index (χ2n) is 3.33. The summed E-state index contributed by atoms with van der Waals surface area (Å²) in [5.74, 6) is 0.958. The van der Waals surface area contributed by atoms with Crippen LogP contribution in [0.1, 0.15) is 13.3 Å². The Bertz CT molecular complexity index is 471. The van der Waals surface area contributed by atoms with Gasteiger partial charge in [-0.05, 0) is 24.3 Å². The molecular weight excluding hydrogens is 222 g/mol. The number of benzene rings is 1. The van der Waals surface area contributed by atoms with Crippen LogP contribution in [-0.4, -0.2) is 15.4 Å². The number of aromatic nitrogens is 2. The van der Waals surface area contributed by atoms with Crippen LogP contribution in [0.25, 0.3) is 0 Å². The summed E-state index contributed by atoms with van der Waals surface area (Å²) in [7, 11) is 0. The summed E-state index contributed by atoms with van der Waals surface area (Å²) in [5.41, 5.74) is 0.898. The zero-order valence-electron chi connectivity index (χ0n) is 8.97. The van der Waals surface area contributed by atoms with Crippen LogP contribution < -0.4 is 0 Å². The van der Waals surface area contributed by atoms with Gasteiger partial charge in [0.15, 0.2) is 0 Å². The molecule has 4 heteroatoms. The van der Waals surface area contributed by atoms with Crippen molar-refractivity contribution < 1.29 is 0 Å². The van der Waals surface area contributed by atoms with E-state index in [-0.39, 0.29) is 0 Å². The van der Waals surface area contributed by atoms with Crippen molar-refractivity contribution in [2.75, 3.05) is 0 Å². The van der Waals surface area contributed by atoms with E-state index in [0.29, 0.717) is 0 Å². The molecule has 2 aromatic rings. The molecule has 1 heterocycles. The molecule has 0 saturated carbocycles. The summed E-state index contributed by atoms with van der Waals surface area (Å²) in [4.78, 5) is 8.55. The molecule has 0 N–H and O–H groups in total. The second-order valence-corrected chi connectivity index (χ2v) is 3.76. The van der Waals surface area contributed by atoms with Crippen molar-refractivity contribution >= 4 is 23.1 Å². The second kappa shape index (κ2) is 4.94. The van der Waals surface area contributed by atoms with E-state index in [4.69, 9.17) is 11.6 Å². The predicted octanol–water partition coefficient (Wildman–Crippen LogP) is 3.52. The minimum absolute atomic E-state index is 0.722. The molecule has 16 heavy (non-hydrogen) atoms. The zero-order valence-corrected chi connectivity index (χ0v) is 9.72. The van der Waals surface area contributed by atoms with Crippen LogP contribution in [0, 0.1) is 0 Å². The summed E-state index contributed by atoms with van der Waals surface area (Å²) in [6, 6.07) is 7.47. The molecule has 0 bridgehead atoms. The molecule has 0 saturated heterocycles. The lowest BCUT2D eigenvalue weighted by Gasteiger charge is -2.04. The van der Waals surface area contributed by atoms with Gasteiger partial charge < -0.3 is 0 Å². The average molecular weight is 234 g/mol. The fraction of sp³-hybridized carbons (Fsp3) is 0.167. The van der Waals surface area contributed by atoms with Crippen molar-refractivity contribution in [2.24, 2.45) is 4.99 Å². The third-order valence-corrected chi connectivity index (χ3v) is 2.46. The van der Waals surface area contributed by atoms with E-state index >= 15 is 0 Å². The lowest BCUT2D eigenvalue weighted by Crippen LogP contribution is -2.07. The van der Waals surface area contributed by atoms with Crippen molar-refractivity contribution in [1.82, 2.24) is 9.55 Å². The molecule has 0 amide bonds. The number of nitrogens with zero attached hydrogens (tertiary/aromatic N) is 3. The van der Waals surface area contributed by atoms with Crippen LogP contribution in [-0.2, 0) is 0 Å². The first-order chi connectivity index (χ1) is 7.79. The molecule has 82 valence electrons. The van der Waals surface area contributed by atoms with Gasteiger partial charge in [0, 0.05) is 23.8 Å². The molecule has 0 fully saturated rings. The number of imidazole rings is 1. The monoisotopic (exact) mass is 233 g/mol. The fourth-order valence-corrected chi connectivity index (χ4v) is 1.52. The standard InChI is InChI=1S/C12H12ClN3/c1-2-12(16-8-7-14-9-16)15-11-5-3-10(13)4-6-11/h3-9H,2H2,1H3/b15-12+. The zero-order chi connectivity index (χ0) is 11.4. The summed E-state index contributed by atoms with van der Waals surface area (Å²) in [6.45, 7) is 2.06. The van der Waals surface area contributed by atoms with Gasteiger partial charge in [-0.2, -0.15) is 0 Å². The van der Waals surface area contributed by atoms with E-state index in [9.17, 15) is 0 Å². The Kier molecular flexibility index (Phi) is 3.37. The van der Waals surface area contributed by atoms with E-state index < -0.39 is 0 Å². The summed E-state index contributed by atoms with van der Waals surface area (Å²) in [5, 5.41) is 0.722. The Labute approximate surface area is 99.4 Å². The highest BCUT2D eigenvalue weighted by atomic mass is 35.5. The van der Waals surface area contributed by atoms with Gasteiger partial charge in [-0.25, -0.2) is 9.98 Å². The third-order valence-electron chi connectivity index (χ3n) is 2.20. The molecule has 1 aromatic carbocycles. The molecular formula is C12H12ClN3. The topological polar surface area (TPSA) is 30.2 Å². The molecule has 0 aliphatic rings. The van der Waals surface area contributed by atoms with Crippen molar-refractivity contribution in [1.29, 1.82) is 0 Å². The van der Waals surface area contributed by atoms with E-state index in [1.54, 1.807) is 12.5 Å². The number of aliphatic imine (C=N–C) groups is 1. The highest BCUT2D eigenvalue weighted by molar-refractivity contribution is 6.30. The van der Waals surface area contributed by atoms with Crippen molar-refractivity contribution in [3.05, 3.63) is 48.0 Å². The molecule has 0 aliphatic heterocycles. The third kappa shape index (κ3) is 2.49. The van der Waals surface area contributed by atoms with Crippen molar-refractivity contribution in [3.8, 4) is 0 Å². The van der Waals surface area contributed by atoms with E-state index in [1.807, 2.05) is 35.0 Å². The summed E-state index contributed by atoms with van der Waals surface area (Å²) >= 11 is 5.82. The first kappa shape index (κ1) is 10.9. The number of hydrogen-bond acceptors (Lipinski definition) is 2. The molecule has 0 atom stereocenters. The quantitative estimate of drug-likeness (QED) is 0.577. The Balaban J connectivity index is 2.31. The molecule has 0 aliphatic carbocycles. The maximum Gasteiger partial charge on any atom is 0.114 e.